The highest BCUT2D eigenvalue weighted by Crippen LogP contribution is 2.23. The van der Waals surface area contributed by atoms with Crippen molar-refractivity contribution in [3.05, 3.63) is 11.1 Å². The molecule has 1 rings (SSSR count). The molecular weight excluding hydrogens is 229 g/mol. The third-order valence-corrected chi connectivity index (χ3v) is 2.37. The molecule has 15 heavy (non-hydrogen) atoms. The number of nitrogens with zero attached hydrogens (tertiary/aromatic N) is 1. The summed E-state index contributed by atoms with van der Waals surface area (Å²) in [6.45, 7) is 3.73. The maximum absolute atomic E-state index is 11.9. The lowest BCUT2D eigenvalue weighted by molar-refractivity contribution is -0.167. The Kier molecular flexibility index (Phi) is 3.33. The van der Waals surface area contributed by atoms with Crippen molar-refractivity contribution in [1.29, 1.82) is 0 Å². The molecule has 0 saturated heterocycles. The zero-order valence-electron chi connectivity index (χ0n) is 8.05. The van der Waals surface area contributed by atoms with E-state index in [1.807, 2.05) is 13.8 Å². The van der Waals surface area contributed by atoms with Crippen molar-refractivity contribution in [3.8, 4) is 0 Å². The van der Waals surface area contributed by atoms with Crippen molar-refractivity contribution in [1.82, 2.24) is 4.98 Å². The highest BCUT2D eigenvalue weighted by atomic mass is 32.1. The first-order chi connectivity index (χ1) is 6.80. The van der Waals surface area contributed by atoms with E-state index in [-0.39, 0.29) is 11.0 Å². The Morgan fingerprint density at radius 1 is 1.53 bits per heavy atom. The first kappa shape index (κ1) is 12.0. The van der Waals surface area contributed by atoms with Gasteiger partial charge in [-0.3, -0.25) is 10.1 Å². The predicted octanol–water partition coefficient (Wildman–Crippen LogP) is 2.77. The number of nitrogens with one attached hydrogen (secondary N) is 1. The van der Waals surface area contributed by atoms with Crippen molar-refractivity contribution in [2.45, 2.75) is 25.9 Å². The van der Waals surface area contributed by atoms with Crippen molar-refractivity contribution in [2.75, 3.05) is 5.32 Å². The molecule has 0 radical (unpaired) electrons. The Morgan fingerprint density at radius 3 is 2.53 bits per heavy atom. The lowest BCUT2D eigenvalue weighted by Crippen LogP contribution is -2.29. The molecule has 0 aliphatic heterocycles. The fourth-order valence-electron chi connectivity index (χ4n) is 0.777. The van der Waals surface area contributed by atoms with Crippen molar-refractivity contribution < 1.29 is 18.0 Å². The van der Waals surface area contributed by atoms with Crippen molar-refractivity contribution >= 4 is 22.4 Å². The number of alkyl halides is 3. The highest BCUT2D eigenvalue weighted by Gasteiger charge is 2.39. The molecule has 1 heterocycles. The molecule has 0 spiro atoms. The van der Waals surface area contributed by atoms with Gasteiger partial charge < -0.3 is 0 Å². The van der Waals surface area contributed by atoms with Gasteiger partial charge in [0, 0.05) is 5.38 Å². The Morgan fingerprint density at radius 2 is 2.13 bits per heavy atom. The van der Waals surface area contributed by atoms with Gasteiger partial charge in [0.05, 0.1) is 5.69 Å². The molecule has 0 aromatic carbocycles. The highest BCUT2D eigenvalue weighted by molar-refractivity contribution is 7.13. The number of hydrogen-bond donors (Lipinski definition) is 1. The Balaban J connectivity index is 2.70. The molecular formula is C8H9F3N2OS. The number of aromatic nitrogens is 1. The van der Waals surface area contributed by atoms with Crippen LogP contribution in [0.3, 0.4) is 0 Å². The van der Waals surface area contributed by atoms with Crippen LogP contribution >= 0.6 is 11.3 Å². The van der Waals surface area contributed by atoms with Gasteiger partial charge in [-0.2, -0.15) is 13.2 Å². The zero-order valence-corrected chi connectivity index (χ0v) is 8.87. The smallest absolute Gasteiger partial charge is 0.294 e. The molecule has 0 unspecified atom stereocenters. The summed E-state index contributed by atoms with van der Waals surface area (Å²) in [4.78, 5) is 14.4. The molecule has 0 saturated carbocycles. The molecule has 7 heteroatoms. The Hall–Kier alpha value is -1.11. The molecule has 3 nitrogen and oxygen atoms in total. The molecule has 1 aromatic heterocycles. The normalized spacial score (nSPS) is 11.9. The summed E-state index contributed by atoms with van der Waals surface area (Å²) in [5.74, 6) is -1.87. The number of hydrogen-bond acceptors (Lipinski definition) is 3. The third kappa shape index (κ3) is 3.19. The summed E-state index contributed by atoms with van der Waals surface area (Å²) in [6, 6.07) is 0. The largest absolute Gasteiger partial charge is 0.471 e. The number of halogens is 3. The summed E-state index contributed by atoms with van der Waals surface area (Å²) in [7, 11) is 0. The summed E-state index contributed by atoms with van der Waals surface area (Å²) in [5, 5.41) is 3.30. The van der Waals surface area contributed by atoms with Crippen LogP contribution < -0.4 is 5.32 Å². The van der Waals surface area contributed by atoms with Gasteiger partial charge in [-0.15, -0.1) is 11.3 Å². The van der Waals surface area contributed by atoms with Crippen molar-refractivity contribution in [3.63, 3.8) is 0 Å². The van der Waals surface area contributed by atoms with E-state index < -0.39 is 12.1 Å². The van der Waals surface area contributed by atoms with Crippen LogP contribution in [0.1, 0.15) is 25.5 Å². The average molecular weight is 238 g/mol. The number of thiazole rings is 1. The van der Waals surface area contributed by atoms with E-state index in [0.717, 1.165) is 11.3 Å². The molecule has 0 atom stereocenters. The van der Waals surface area contributed by atoms with Crippen LogP contribution in [0.4, 0.5) is 18.3 Å². The fourth-order valence-corrected chi connectivity index (χ4v) is 1.64. The number of rotatable bonds is 2. The number of carbonyl (C=O) groups excluding carboxylic acids is 1. The molecule has 0 bridgehead atoms. The Bertz CT molecular complexity index is 359. The minimum Gasteiger partial charge on any atom is -0.294 e. The molecule has 0 aliphatic rings. The molecule has 0 aliphatic carbocycles. The van der Waals surface area contributed by atoms with Gasteiger partial charge in [0.15, 0.2) is 5.13 Å². The first-order valence-corrected chi connectivity index (χ1v) is 5.02. The minimum absolute atomic E-state index is 0.0268. The molecule has 84 valence electrons. The Labute approximate surface area is 88.3 Å². The average Bonchev–Trinajstić information content (AvgIpc) is 2.50. The van der Waals surface area contributed by atoms with E-state index in [0.29, 0.717) is 5.69 Å². The van der Waals surface area contributed by atoms with Crippen LogP contribution in [-0.4, -0.2) is 17.1 Å². The number of anilines is 1. The van der Waals surface area contributed by atoms with Crippen LogP contribution in [0.15, 0.2) is 5.38 Å². The summed E-state index contributed by atoms with van der Waals surface area (Å²) >= 11 is 0.979. The van der Waals surface area contributed by atoms with Crippen LogP contribution in [0.25, 0.3) is 0 Å². The quantitative estimate of drug-likeness (QED) is 0.860. The van der Waals surface area contributed by atoms with Gasteiger partial charge in [-0.05, 0) is 5.92 Å². The maximum atomic E-state index is 11.9. The summed E-state index contributed by atoms with van der Waals surface area (Å²) < 4.78 is 35.6. The molecule has 1 amide bonds. The number of carbonyl (C=O) groups is 1. The predicted molar refractivity (Wildman–Crippen MR) is 50.9 cm³/mol. The third-order valence-electron chi connectivity index (χ3n) is 1.59. The lowest BCUT2D eigenvalue weighted by atomic mass is 10.2. The number of amides is 1. The van der Waals surface area contributed by atoms with E-state index in [9.17, 15) is 18.0 Å². The van der Waals surface area contributed by atoms with Crippen LogP contribution in [0.5, 0.6) is 0 Å². The van der Waals surface area contributed by atoms with Gasteiger partial charge in [-0.1, -0.05) is 13.8 Å². The molecule has 0 fully saturated rings. The van der Waals surface area contributed by atoms with Gasteiger partial charge in [-0.25, -0.2) is 4.98 Å². The van der Waals surface area contributed by atoms with E-state index in [1.54, 1.807) is 10.7 Å². The van der Waals surface area contributed by atoms with Crippen LogP contribution in [-0.2, 0) is 4.79 Å². The topological polar surface area (TPSA) is 42.0 Å². The standard InChI is InChI=1S/C8H9F3N2OS/c1-4(2)5-3-15-7(12-5)13-6(14)8(9,10)11/h3-4H,1-2H3,(H,12,13,14). The van der Waals surface area contributed by atoms with E-state index >= 15 is 0 Å². The second kappa shape index (κ2) is 4.18. The van der Waals surface area contributed by atoms with Crippen molar-refractivity contribution in [2.24, 2.45) is 0 Å². The van der Waals surface area contributed by atoms with Crippen LogP contribution in [0, 0.1) is 0 Å². The van der Waals surface area contributed by atoms with Gasteiger partial charge >= 0.3 is 12.1 Å². The monoisotopic (exact) mass is 238 g/mol. The van der Waals surface area contributed by atoms with Crippen LogP contribution in [0.2, 0.25) is 0 Å². The van der Waals surface area contributed by atoms with E-state index in [1.165, 1.54) is 0 Å². The maximum Gasteiger partial charge on any atom is 0.471 e. The first-order valence-electron chi connectivity index (χ1n) is 4.14. The fraction of sp³-hybridized carbons (Fsp3) is 0.500. The summed E-state index contributed by atoms with van der Waals surface area (Å²) in [6.07, 6.45) is -4.87. The molecule has 1 aromatic rings. The zero-order chi connectivity index (χ0) is 11.6. The summed E-state index contributed by atoms with van der Waals surface area (Å²) in [5.41, 5.74) is 0.664. The molecule has 1 N–H and O–H groups in total. The minimum atomic E-state index is -4.87. The second-order valence-corrected chi connectivity index (χ2v) is 4.04. The van der Waals surface area contributed by atoms with Gasteiger partial charge in [0.1, 0.15) is 0 Å². The SMILES string of the molecule is CC(C)c1csc(NC(=O)C(F)(F)F)n1. The second-order valence-electron chi connectivity index (χ2n) is 3.18. The van der Waals surface area contributed by atoms with Gasteiger partial charge in [0.2, 0.25) is 0 Å². The lowest BCUT2D eigenvalue weighted by Gasteiger charge is -2.04. The van der Waals surface area contributed by atoms with E-state index in [4.69, 9.17) is 0 Å². The van der Waals surface area contributed by atoms with Gasteiger partial charge in [0.25, 0.3) is 0 Å². The van der Waals surface area contributed by atoms with E-state index in [2.05, 4.69) is 4.98 Å².